The first-order valence-corrected chi connectivity index (χ1v) is 5.99. The normalized spacial score (nSPS) is 20.2. The summed E-state index contributed by atoms with van der Waals surface area (Å²) in [5, 5.41) is 13.7. The van der Waals surface area contributed by atoms with Crippen molar-refractivity contribution in [1.29, 1.82) is 0 Å². The number of likely N-dealkylation sites (tertiary alicyclic amines) is 1. The van der Waals surface area contributed by atoms with Crippen molar-refractivity contribution in [2.75, 3.05) is 27.3 Å². The number of carbonyl (C=O) groups is 3. The number of carboxylic acid groups (broad SMARTS) is 1. The lowest BCUT2D eigenvalue weighted by Crippen LogP contribution is -2.51. The Kier molecular flexibility index (Phi) is 5.56. The maximum absolute atomic E-state index is 11.6. The second-order valence-electron chi connectivity index (χ2n) is 4.39. The number of likely N-dealkylation sites (N-methyl/N-ethyl adjacent to an activating group) is 1. The molecule has 3 N–H and O–H groups in total. The van der Waals surface area contributed by atoms with Crippen molar-refractivity contribution in [3.05, 3.63) is 0 Å². The molecule has 0 bridgehead atoms. The highest BCUT2D eigenvalue weighted by Crippen LogP contribution is 2.08. The second kappa shape index (κ2) is 6.93. The molecule has 108 valence electrons. The molecule has 1 aliphatic rings. The van der Waals surface area contributed by atoms with Gasteiger partial charge in [0.05, 0.1) is 0 Å². The topological polar surface area (TPSA) is 108 Å². The standard InChI is InChI=1S/C11H19N3O5/c1-14-5-3-7(9(14)15)12-11(18)13-8(10(16)17)4-6-19-2/h7-8H,3-6H2,1-2H3,(H,16,17)(H2,12,13,18). The molecule has 1 heterocycles. The maximum atomic E-state index is 11.6. The van der Waals surface area contributed by atoms with Gasteiger partial charge in [0.25, 0.3) is 0 Å². The van der Waals surface area contributed by atoms with Crippen molar-refractivity contribution in [2.24, 2.45) is 0 Å². The average molecular weight is 273 g/mol. The van der Waals surface area contributed by atoms with Crippen LogP contribution in [-0.4, -0.2) is 67.3 Å². The third-order valence-corrected chi connectivity index (χ3v) is 2.95. The number of methoxy groups -OCH3 is 1. The van der Waals surface area contributed by atoms with Crippen LogP contribution < -0.4 is 10.6 Å². The van der Waals surface area contributed by atoms with Crippen LogP contribution in [-0.2, 0) is 14.3 Å². The Bertz CT molecular complexity index is 360. The monoisotopic (exact) mass is 273 g/mol. The molecule has 8 nitrogen and oxygen atoms in total. The van der Waals surface area contributed by atoms with E-state index in [9.17, 15) is 14.4 Å². The number of nitrogens with zero attached hydrogens (tertiary/aromatic N) is 1. The molecule has 1 fully saturated rings. The van der Waals surface area contributed by atoms with Gasteiger partial charge in [-0.2, -0.15) is 0 Å². The number of rotatable bonds is 6. The van der Waals surface area contributed by atoms with Crippen LogP contribution in [0.5, 0.6) is 0 Å². The first kappa shape index (κ1) is 15.2. The van der Waals surface area contributed by atoms with Crippen molar-refractivity contribution >= 4 is 17.9 Å². The number of amides is 3. The molecule has 0 aromatic rings. The van der Waals surface area contributed by atoms with Gasteiger partial charge in [-0.05, 0) is 6.42 Å². The minimum atomic E-state index is -1.14. The van der Waals surface area contributed by atoms with E-state index in [1.807, 2.05) is 0 Å². The number of urea groups is 1. The van der Waals surface area contributed by atoms with E-state index in [-0.39, 0.29) is 18.9 Å². The number of ether oxygens (including phenoxy) is 1. The van der Waals surface area contributed by atoms with Crippen molar-refractivity contribution in [3.8, 4) is 0 Å². The predicted octanol–water partition coefficient (Wildman–Crippen LogP) is -0.994. The van der Waals surface area contributed by atoms with Crippen LogP contribution in [0, 0.1) is 0 Å². The van der Waals surface area contributed by atoms with Crippen LogP contribution in [0.15, 0.2) is 0 Å². The summed E-state index contributed by atoms with van der Waals surface area (Å²) in [7, 11) is 3.10. The van der Waals surface area contributed by atoms with Crippen molar-refractivity contribution in [3.63, 3.8) is 0 Å². The van der Waals surface area contributed by atoms with E-state index in [1.165, 1.54) is 12.0 Å². The van der Waals surface area contributed by atoms with E-state index in [0.717, 1.165) is 0 Å². The molecule has 0 radical (unpaired) electrons. The van der Waals surface area contributed by atoms with Gasteiger partial charge in [0.15, 0.2) is 0 Å². The molecule has 0 spiro atoms. The summed E-state index contributed by atoms with van der Waals surface area (Å²) in [5.41, 5.74) is 0. The van der Waals surface area contributed by atoms with Gasteiger partial charge in [-0.15, -0.1) is 0 Å². The molecule has 19 heavy (non-hydrogen) atoms. The van der Waals surface area contributed by atoms with Gasteiger partial charge in [-0.3, -0.25) is 4.79 Å². The number of carboxylic acids is 1. The molecule has 8 heteroatoms. The van der Waals surface area contributed by atoms with E-state index in [1.54, 1.807) is 7.05 Å². The zero-order valence-electron chi connectivity index (χ0n) is 11.0. The number of carbonyl (C=O) groups excluding carboxylic acids is 2. The molecule has 1 aliphatic heterocycles. The third-order valence-electron chi connectivity index (χ3n) is 2.95. The summed E-state index contributed by atoms with van der Waals surface area (Å²) in [4.78, 5) is 35.7. The number of hydrogen-bond donors (Lipinski definition) is 3. The van der Waals surface area contributed by atoms with Crippen LogP contribution in [0.25, 0.3) is 0 Å². The highest BCUT2D eigenvalue weighted by Gasteiger charge is 2.31. The van der Waals surface area contributed by atoms with E-state index in [2.05, 4.69) is 10.6 Å². The van der Waals surface area contributed by atoms with Gasteiger partial charge in [-0.1, -0.05) is 0 Å². The van der Waals surface area contributed by atoms with Gasteiger partial charge in [0, 0.05) is 33.7 Å². The quantitative estimate of drug-likeness (QED) is 0.575. The molecule has 0 aliphatic carbocycles. The minimum absolute atomic E-state index is 0.164. The zero-order valence-corrected chi connectivity index (χ0v) is 11.0. The largest absolute Gasteiger partial charge is 0.480 e. The van der Waals surface area contributed by atoms with Crippen LogP contribution in [0.2, 0.25) is 0 Å². The molecule has 2 atom stereocenters. The Morgan fingerprint density at radius 2 is 2.26 bits per heavy atom. The average Bonchev–Trinajstić information content (AvgIpc) is 2.66. The fraction of sp³-hybridized carbons (Fsp3) is 0.727. The van der Waals surface area contributed by atoms with Gasteiger partial charge >= 0.3 is 12.0 Å². The SMILES string of the molecule is COCCC(NC(=O)NC1CCN(C)C1=O)C(=O)O. The van der Waals surface area contributed by atoms with Crippen LogP contribution >= 0.6 is 0 Å². The lowest BCUT2D eigenvalue weighted by molar-refractivity contribution is -0.139. The third kappa shape index (κ3) is 4.40. The molecule has 1 rings (SSSR count). The Balaban J connectivity index is 2.44. The molecule has 2 unspecified atom stereocenters. The Labute approximate surface area is 111 Å². The minimum Gasteiger partial charge on any atom is -0.480 e. The maximum Gasteiger partial charge on any atom is 0.326 e. The molecule has 0 aromatic carbocycles. The molecular formula is C11H19N3O5. The Hall–Kier alpha value is -1.83. The van der Waals surface area contributed by atoms with Gasteiger partial charge < -0.3 is 25.4 Å². The lowest BCUT2D eigenvalue weighted by atomic mass is 10.2. The van der Waals surface area contributed by atoms with Crippen molar-refractivity contribution < 1.29 is 24.2 Å². The van der Waals surface area contributed by atoms with E-state index >= 15 is 0 Å². The van der Waals surface area contributed by atoms with Crippen LogP contribution in [0.1, 0.15) is 12.8 Å². The Morgan fingerprint density at radius 1 is 1.58 bits per heavy atom. The number of nitrogens with one attached hydrogen (secondary N) is 2. The fourth-order valence-electron chi connectivity index (χ4n) is 1.81. The predicted molar refractivity (Wildman–Crippen MR) is 65.6 cm³/mol. The highest BCUT2D eigenvalue weighted by molar-refractivity contribution is 5.89. The van der Waals surface area contributed by atoms with Gasteiger partial charge in [0.2, 0.25) is 5.91 Å². The summed E-state index contributed by atoms with van der Waals surface area (Å²) in [6.07, 6.45) is 0.691. The molecule has 3 amide bonds. The molecule has 0 saturated carbocycles. The summed E-state index contributed by atoms with van der Waals surface area (Å²) in [6.45, 7) is 0.804. The summed E-state index contributed by atoms with van der Waals surface area (Å²) in [5.74, 6) is -1.30. The summed E-state index contributed by atoms with van der Waals surface area (Å²) in [6, 6.07) is -2.27. The molecule has 0 aromatic heterocycles. The summed E-state index contributed by atoms with van der Waals surface area (Å²) >= 11 is 0. The van der Waals surface area contributed by atoms with Crippen molar-refractivity contribution in [2.45, 2.75) is 24.9 Å². The van der Waals surface area contributed by atoms with Gasteiger partial charge in [0.1, 0.15) is 12.1 Å². The van der Waals surface area contributed by atoms with E-state index < -0.39 is 24.1 Å². The highest BCUT2D eigenvalue weighted by atomic mass is 16.5. The molecular weight excluding hydrogens is 254 g/mol. The molecule has 1 saturated heterocycles. The van der Waals surface area contributed by atoms with Crippen LogP contribution in [0.4, 0.5) is 4.79 Å². The Morgan fingerprint density at radius 3 is 2.74 bits per heavy atom. The van der Waals surface area contributed by atoms with Gasteiger partial charge in [-0.25, -0.2) is 9.59 Å². The zero-order chi connectivity index (χ0) is 14.4. The van der Waals surface area contributed by atoms with E-state index in [4.69, 9.17) is 9.84 Å². The fourth-order valence-corrected chi connectivity index (χ4v) is 1.81. The first-order chi connectivity index (χ1) is 8.95. The number of aliphatic carboxylic acids is 1. The number of hydrogen-bond acceptors (Lipinski definition) is 4. The smallest absolute Gasteiger partial charge is 0.326 e. The second-order valence-corrected chi connectivity index (χ2v) is 4.39. The summed E-state index contributed by atoms with van der Waals surface area (Å²) < 4.78 is 4.77. The van der Waals surface area contributed by atoms with Crippen LogP contribution in [0.3, 0.4) is 0 Å². The van der Waals surface area contributed by atoms with E-state index in [0.29, 0.717) is 13.0 Å². The van der Waals surface area contributed by atoms with Crippen molar-refractivity contribution in [1.82, 2.24) is 15.5 Å². The lowest BCUT2D eigenvalue weighted by Gasteiger charge is -2.17. The first-order valence-electron chi connectivity index (χ1n) is 5.99.